The van der Waals surface area contributed by atoms with Gasteiger partial charge in [0.05, 0.1) is 24.6 Å². The second kappa shape index (κ2) is 7.50. The third-order valence-corrected chi connectivity index (χ3v) is 4.90. The number of aryl methyl sites for hydroxylation is 2. The molecule has 3 N–H and O–H groups in total. The van der Waals surface area contributed by atoms with Crippen LogP contribution >= 0.6 is 0 Å². The molecule has 0 amide bonds. The number of anilines is 2. The summed E-state index contributed by atoms with van der Waals surface area (Å²) < 4.78 is 22.9. The second-order valence-corrected chi connectivity index (χ2v) is 7.00. The summed E-state index contributed by atoms with van der Waals surface area (Å²) >= 11 is -2.19. The molecule has 3 aromatic rings. The summed E-state index contributed by atoms with van der Waals surface area (Å²) in [6.45, 7) is 2.26. The molecule has 0 fully saturated rings. The first-order valence-electron chi connectivity index (χ1n) is 8.16. The van der Waals surface area contributed by atoms with Crippen molar-refractivity contribution in [3.8, 4) is 0 Å². The van der Waals surface area contributed by atoms with Crippen molar-refractivity contribution in [3.05, 3.63) is 47.9 Å². The van der Waals surface area contributed by atoms with Crippen LogP contribution in [0, 0.1) is 0 Å². The van der Waals surface area contributed by atoms with Gasteiger partial charge in [-0.25, -0.2) is 14.2 Å². The van der Waals surface area contributed by atoms with E-state index in [4.69, 9.17) is 10.4 Å². The number of aromatic nitrogens is 3. The summed E-state index contributed by atoms with van der Waals surface area (Å²) in [6.07, 6.45) is 4.35. The van der Waals surface area contributed by atoms with Crippen molar-refractivity contribution in [2.75, 3.05) is 11.9 Å². The molecule has 0 radical (unpaired) electrons. The van der Waals surface area contributed by atoms with Crippen LogP contribution in [0.2, 0.25) is 0 Å². The highest BCUT2D eigenvalue weighted by Gasteiger charge is 2.14. The predicted octanol–water partition coefficient (Wildman–Crippen LogP) is 2.11. The Morgan fingerprint density at radius 2 is 2.08 bits per heavy atom. The van der Waals surface area contributed by atoms with Gasteiger partial charge in [0, 0.05) is 25.8 Å². The zero-order valence-electron chi connectivity index (χ0n) is 15.0. The van der Waals surface area contributed by atoms with Gasteiger partial charge in [-0.05, 0) is 23.6 Å². The number of benzene rings is 1. The number of hydrogen-bond donors (Lipinski definition) is 2. The van der Waals surface area contributed by atoms with Gasteiger partial charge in [-0.2, -0.15) is 0 Å². The van der Waals surface area contributed by atoms with Crippen LogP contribution in [0.1, 0.15) is 18.1 Å². The number of pyridine rings is 1. The van der Waals surface area contributed by atoms with Crippen LogP contribution in [-0.4, -0.2) is 34.8 Å². The molecule has 8 nitrogen and oxygen atoms in total. The number of rotatable bonds is 6. The molecule has 2 heterocycles. The molecule has 1 atom stereocenters. The number of nitrogens with two attached hydrogens (primary N) is 1. The zero-order valence-corrected chi connectivity index (χ0v) is 15.8. The van der Waals surface area contributed by atoms with Crippen LogP contribution in [0.4, 0.5) is 11.5 Å². The molecule has 0 aliphatic rings. The molecule has 9 heteroatoms. The van der Waals surface area contributed by atoms with Crippen LogP contribution in [0.3, 0.4) is 0 Å². The van der Waals surface area contributed by atoms with Gasteiger partial charge in [-0.1, -0.05) is 19.1 Å². The van der Waals surface area contributed by atoms with E-state index >= 15 is 0 Å². The Kier molecular flexibility index (Phi) is 5.33. The highest BCUT2D eigenvalue weighted by atomic mass is 32.2. The molecule has 0 saturated heterocycles. The van der Waals surface area contributed by atoms with E-state index in [1.807, 2.05) is 47.8 Å². The average Bonchev–Trinajstić information content (AvgIpc) is 3.01. The summed E-state index contributed by atoms with van der Waals surface area (Å²) in [5.41, 5.74) is 4.88. The Morgan fingerprint density at radius 3 is 2.77 bits per heavy atom. The van der Waals surface area contributed by atoms with Crippen molar-refractivity contribution >= 4 is 33.8 Å². The maximum Gasteiger partial charge on any atom is 0.248 e. The molecule has 0 aliphatic carbocycles. The second-order valence-electron chi connectivity index (χ2n) is 6.07. The van der Waals surface area contributed by atoms with Crippen LogP contribution in [0.25, 0.3) is 11.0 Å². The monoisotopic (exact) mass is 374 g/mol. The van der Waals surface area contributed by atoms with E-state index in [1.54, 1.807) is 12.5 Å². The topological polar surface area (TPSA) is 101 Å². The van der Waals surface area contributed by atoms with E-state index in [1.165, 1.54) is 0 Å². The zero-order chi connectivity index (χ0) is 18.8. The summed E-state index contributed by atoms with van der Waals surface area (Å²) in [7, 11) is 3.92. The fourth-order valence-electron chi connectivity index (χ4n) is 2.91. The third-order valence-electron chi connectivity index (χ3n) is 4.37. The van der Waals surface area contributed by atoms with Gasteiger partial charge >= 0.3 is 0 Å². The molecule has 3 rings (SSSR count). The molecule has 26 heavy (non-hydrogen) atoms. The van der Waals surface area contributed by atoms with Gasteiger partial charge in [0.1, 0.15) is 11.3 Å². The van der Waals surface area contributed by atoms with E-state index in [-0.39, 0.29) is 6.54 Å². The van der Waals surface area contributed by atoms with Gasteiger partial charge in [0.25, 0.3) is 0 Å². The summed E-state index contributed by atoms with van der Waals surface area (Å²) in [4.78, 5) is 10.8. The maximum atomic E-state index is 11.0. The standard InChI is InChI=1S/C17H22N6O2S/c1-4-13-7-12(10-23(18)26(24)25)5-6-15(13)22(3)17-8-16-14(9-19-17)20-11-21(16)2/h5-9,11H,4,10,18H2,1-3H3,(H,24,25). The molecule has 0 spiro atoms. The Bertz CT molecular complexity index is 958. The van der Waals surface area contributed by atoms with Crippen molar-refractivity contribution < 1.29 is 8.76 Å². The quantitative estimate of drug-likeness (QED) is 0.389. The first kappa shape index (κ1) is 18.5. The van der Waals surface area contributed by atoms with Crippen molar-refractivity contribution in [3.63, 3.8) is 0 Å². The maximum absolute atomic E-state index is 11.0. The molecule has 2 aromatic heterocycles. The number of imidazole rings is 1. The van der Waals surface area contributed by atoms with Crippen molar-refractivity contribution in [1.82, 2.24) is 18.9 Å². The van der Waals surface area contributed by atoms with Crippen LogP contribution in [0.5, 0.6) is 0 Å². The van der Waals surface area contributed by atoms with E-state index in [2.05, 4.69) is 16.9 Å². The Labute approximate surface area is 154 Å². The summed E-state index contributed by atoms with van der Waals surface area (Å²) in [5, 5.41) is 0. The lowest BCUT2D eigenvalue weighted by atomic mass is 10.1. The number of hydrogen-bond acceptors (Lipinski definition) is 5. The van der Waals surface area contributed by atoms with E-state index < -0.39 is 11.3 Å². The number of fused-ring (bicyclic) bond motifs is 1. The molecule has 0 bridgehead atoms. The summed E-state index contributed by atoms with van der Waals surface area (Å²) in [6, 6.07) is 7.89. The Balaban J connectivity index is 1.93. The number of nitrogens with zero attached hydrogens (tertiary/aromatic N) is 5. The largest absolute Gasteiger partial charge is 0.334 e. The van der Waals surface area contributed by atoms with E-state index in [9.17, 15) is 4.21 Å². The van der Waals surface area contributed by atoms with Crippen molar-refractivity contribution in [1.29, 1.82) is 0 Å². The normalized spacial score (nSPS) is 12.7. The first-order chi connectivity index (χ1) is 12.4. The fourth-order valence-corrected chi connectivity index (χ4v) is 3.17. The predicted molar refractivity (Wildman–Crippen MR) is 103 cm³/mol. The molecule has 0 aliphatic heterocycles. The smallest absolute Gasteiger partial charge is 0.248 e. The molecule has 1 unspecified atom stereocenters. The average molecular weight is 374 g/mol. The molecule has 0 saturated carbocycles. The molecular weight excluding hydrogens is 352 g/mol. The van der Waals surface area contributed by atoms with Gasteiger partial charge in [-0.15, -0.1) is 4.41 Å². The van der Waals surface area contributed by atoms with Gasteiger partial charge in [0.2, 0.25) is 11.3 Å². The Hall–Kier alpha value is -2.33. The van der Waals surface area contributed by atoms with Crippen molar-refractivity contribution in [2.24, 2.45) is 12.9 Å². The van der Waals surface area contributed by atoms with Crippen LogP contribution < -0.4 is 10.7 Å². The minimum atomic E-state index is -2.19. The van der Waals surface area contributed by atoms with E-state index in [0.29, 0.717) is 0 Å². The van der Waals surface area contributed by atoms with E-state index in [0.717, 1.165) is 44.5 Å². The minimum Gasteiger partial charge on any atom is -0.334 e. The van der Waals surface area contributed by atoms with Crippen molar-refractivity contribution in [2.45, 2.75) is 19.9 Å². The molecular formula is C17H22N6O2S. The lowest BCUT2D eigenvalue weighted by Gasteiger charge is -2.22. The minimum absolute atomic E-state index is 0.194. The first-order valence-corrected chi connectivity index (χ1v) is 9.23. The number of hydrazine groups is 1. The lowest BCUT2D eigenvalue weighted by molar-refractivity contribution is 0.405. The fraction of sp³-hybridized carbons (Fsp3) is 0.294. The van der Waals surface area contributed by atoms with Crippen LogP contribution in [0.15, 0.2) is 36.8 Å². The lowest BCUT2D eigenvalue weighted by Crippen LogP contribution is -2.31. The SMILES string of the molecule is CCc1cc(CN(N)S(=O)O)ccc1N(C)c1cc2c(cn1)ncn2C. The van der Waals surface area contributed by atoms with Gasteiger partial charge in [0.15, 0.2) is 0 Å². The van der Waals surface area contributed by atoms with Gasteiger partial charge in [-0.3, -0.25) is 10.4 Å². The van der Waals surface area contributed by atoms with Gasteiger partial charge < -0.3 is 9.47 Å². The molecule has 138 valence electrons. The highest BCUT2D eigenvalue weighted by Crippen LogP contribution is 2.29. The molecule has 1 aromatic carbocycles. The Morgan fingerprint density at radius 1 is 1.31 bits per heavy atom. The summed E-state index contributed by atoms with van der Waals surface area (Å²) in [5.74, 6) is 6.36. The van der Waals surface area contributed by atoms with Crippen LogP contribution in [-0.2, 0) is 31.3 Å². The highest BCUT2D eigenvalue weighted by molar-refractivity contribution is 7.76. The third kappa shape index (κ3) is 3.61.